The lowest BCUT2D eigenvalue weighted by atomic mass is 10.2. The SMILES string of the molecule is C.[2H]C([2H])(C)CN(Cc1ccccc1)CC([2H])([2H])O.[2H]C1([2H])CN(Cc2ccccc2)CC([2H])(C)O1.[2H]C1([2H])CNCC([2H])(C)O1. The lowest BCUT2D eigenvalue weighted by Gasteiger charge is -2.31. The number of nitrogens with one attached hydrogen (secondary N) is 1. The highest BCUT2D eigenvalue weighted by molar-refractivity contribution is 5.15. The van der Waals surface area contributed by atoms with E-state index in [1.807, 2.05) is 65.6 Å². The average Bonchev–Trinajstić information content (AvgIpc) is 2.80. The molecule has 2 N–H and O–H groups in total. The molecular weight excluding hydrogens is 450 g/mol. The summed E-state index contributed by atoms with van der Waals surface area (Å²) < 4.78 is 84.2. The number of rotatable bonds is 8. The minimum absolute atomic E-state index is 0. The summed E-state index contributed by atoms with van der Waals surface area (Å²) in [7, 11) is 0. The molecule has 2 fully saturated rings. The summed E-state index contributed by atoms with van der Waals surface area (Å²) in [6.07, 6.45) is -3.74. The van der Waals surface area contributed by atoms with Gasteiger partial charge in [0.2, 0.25) is 0 Å². The van der Waals surface area contributed by atoms with Gasteiger partial charge in [-0.2, -0.15) is 0 Å². The van der Waals surface area contributed by atoms with Crippen LogP contribution in [-0.2, 0) is 22.6 Å². The lowest BCUT2D eigenvalue weighted by Crippen LogP contribution is -2.40. The van der Waals surface area contributed by atoms with Crippen molar-refractivity contribution < 1.29 is 28.3 Å². The van der Waals surface area contributed by atoms with E-state index in [2.05, 4.69) is 5.32 Å². The number of aliphatic hydroxyl groups is 1. The Morgan fingerprint density at radius 2 is 1.67 bits per heavy atom. The molecule has 0 bridgehead atoms. The van der Waals surface area contributed by atoms with Crippen LogP contribution in [-0.4, -0.2) is 86.0 Å². The third-order valence-corrected chi connectivity index (χ3v) is 4.97. The quantitative estimate of drug-likeness (QED) is 0.547. The van der Waals surface area contributed by atoms with Crippen molar-refractivity contribution in [3.05, 3.63) is 71.8 Å². The normalized spacial score (nSPS) is 31.6. The highest BCUT2D eigenvalue weighted by Crippen LogP contribution is 2.09. The molecule has 0 spiro atoms. The summed E-state index contributed by atoms with van der Waals surface area (Å²) in [5, 5.41) is 12.0. The summed E-state index contributed by atoms with van der Waals surface area (Å²) in [4.78, 5) is 3.50. The predicted octanol–water partition coefficient (Wildman–Crippen LogP) is 4.43. The van der Waals surface area contributed by atoms with Crippen molar-refractivity contribution >= 4 is 0 Å². The number of morpholine rings is 2. The number of benzene rings is 2. The van der Waals surface area contributed by atoms with Crippen molar-refractivity contribution in [2.45, 2.75) is 59.8 Å². The Morgan fingerprint density at radius 1 is 1.03 bits per heavy atom. The van der Waals surface area contributed by atoms with Crippen LogP contribution in [0.15, 0.2) is 60.7 Å². The first-order valence-corrected chi connectivity index (χ1v) is 11.8. The average molecular weight is 512 g/mol. The van der Waals surface area contributed by atoms with Gasteiger partial charge in [-0.1, -0.05) is 75.0 Å². The van der Waals surface area contributed by atoms with Crippen LogP contribution in [0.5, 0.6) is 0 Å². The molecule has 0 amide bonds. The van der Waals surface area contributed by atoms with Crippen LogP contribution < -0.4 is 5.32 Å². The van der Waals surface area contributed by atoms with Crippen LogP contribution in [0.3, 0.4) is 0 Å². The molecule has 0 aromatic heterocycles. The van der Waals surface area contributed by atoms with Crippen LogP contribution in [0.1, 0.15) is 59.4 Å². The Bertz CT molecular complexity index is 1100. The second kappa shape index (κ2) is 20.3. The van der Waals surface area contributed by atoms with Gasteiger partial charge in [-0.25, -0.2) is 0 Å². The van der Waals surface area contributed by atoms with Crippen molar-refractivity contribution in [2.75, 3.05) is 58.9 Å². The molecule has 0 radical (unpaired) electrons. The van der Waals surface area contributed by atoms with E-state index < -0.39 is 38.2 Å². The molecule has 4 rings (SSSR count). The minimum Gasteiger partial charge on any atom is -0.395 e. The molecule has 204 valence electrons. The van der Waals surface area contributed by atoms with E-state index in [1.54, 1.807) is 11.8 Å². The zero-order valence-corrected chi connectivity index (χ0v) is 21.1. The summed E-state index contributed by atoms with van der Waals surface area (Å²) in [6.45, 7) is 0.921. The molecule has 2 saturated heterocycles. The molecule has 0 aliphatic carbocycles. The molecule has 0 saturated carbocycles. The van der Waals surface area contributed by atoms with Gasteiger partial charge in [-0.3, -0.25) is 9.80 Å². The zero-order chi connectivity index (χ0) is 34.2. The molecule has 6 nitrogen and oxygen atoms in total. The fourth-order valence-corrected chi connectivity index (χ4v) is 3.42. The molecule has 2 atom stereocenters. The Balaban J connectivity index is 0.000000355. The third kappa shape index (κ3) is 14.7. The van der Waals surface area contributed by atoms with Gasteiger partial charge < -0.3 is 19.9 Å². The van der Waals surface area contributed by atoms with Crippen LogP contribution in [0, 0.1) is 0 Å². The Morgan fingerprint density at radius 3 is 2.19 bits per heavy atom. The van der Waals surface area contributed by atoms with Crippen molar-refractivity contribution in [1.82, 2.24) is 15.1 Å². The van der Waals surface area contributed by atoms with Gasteiger partial charge >= 0.3 is 0 Å². The highest BCUT2D eigenvalue weighted by atomic mass is 16.5. The molecule has 2 aliphatic heterocycles. The van der Waals surface area contributed by atoms with Crippen LogP contribution in [0.2, 0.25) is 0 Å². The second-order valence-electron chi connectivity index (χ2n) is 8.27. The number of ether oxygens (including phenoxy) is 2. The van der Waals surface area contributed by atoms with E-state index in [1.165, 1.54) is 13.8 Å². The Kier molecular flexibility index (Phi) is 10.9. The molecular formula is C30H51N3O3. The van der Waals surface area contributed by atoms with Crippen LogP contribution in [0.4, 0.5) is 0 Å². The summed E-state index contributed by atoms with van der Waals surface area (Å²) >= 11 is 0. The maximum atomic E-state index is 9.23. The first-order valence-electron chi connectivity index (χ1n) is 16.8. The molecule has 2 aromatic rings. The number of nitrogens with zero attached hydrogens (tertiary/aromatic N) is 2. The van der Waals surface area contributed by atoms with Gasteiger partial charge in [0.1, 0.15) is 0 Å². The largest absolute Gasteiger partial charge is 0.395 e. The number of hydrogen-bond acceptors (Lipinski definition) is 6. The van der Waals surface area contributed by atoms with E-state index >= 15 is 0 Å². The van der Waals surface area contributed by atoms with E-state index in [0.29, 0.717) is 26.2 Å². The molecule has 36 heavy (non-hydrogen) atoms. The molecule has 2 heterocycles. The summed E-state index contributed by atoms with van der Waals surface area (Å²) in [5.74, 6) is 0. The number of hydrogen-bond donors (Lipinski definition) is 2. The molecule has 2 unspecified atom stereocenters. The fourth-order valence-electron chi connectivity index (χ4n) is 3.42. The van der Waals surface area contributed by atoms with E-state index in [0.717, 1.165) is 11.1 Å². The molecule has 2 aliphatic rings. The lowest BCUT2D eigenvalue weighted by molar-refractivity contribution is -0.0212. The van der Waals surface area contributed by atoms with Crippen LogP contribution >= 0.6 is 0 Å². The van der Waals surface area contributed by atoms with Crippen molar-refractivity contribution in [3.8, 4) is 0 Å². The van der Waals surface area contributed by atoms with Crippen molar-refractivity contribution in [3.63, 3.8) is 0 Å². The van der Waals surface area contributed by atoms with Gasteiger partial charge in [0, 0.05) is 48.6 Å². The van der Waals surface area contributed by atoms with E-state index in [4.69, 9.17) is 23.2 Å². The summed E-state index contributed by atoms with van der Waals surface area (Å²) in [5.41, 5.74) is 2.09. The smallest absolute Gasteiger partial charge is 0.0674 e. The fraction of sp³-hybridized carbons (Fsp3) is 0.600. The maximum Gasteiger partial charge on any atom is 0.0674 e. The molecule has 2 aromatic carbocycles. The van der Waals surface area contributed by atoms with E-state index in [9.17, 15) is 5.11 Å². The highest BCUT2D eigenvalue weighted by Gasteiger charge is 2.16. The molecule has 6 heteroatoms. The van der Waals surface area contributed by atoms with Gasteiger partial charge in [-0.05, 0) is 37.9 Å². The maximum absolute atomic E-state index is 9.23. The van der Waals surface area contributed by atoms with Gasteiger partial charge in [0.25, 0.3) is 0 Å². The van der Waals surface area contributed by atoms with Gasteiger partial charge in [0.15, 0.2) is 0 Å². The minimum atomic E-state index is -2.32. The zero-order valence-electron chi connectivity index (χ0n) is 31.1. The summed E-state index contributed by atoms with van der Waals surface area (Å²) in [6, 6.07) is 19.3. The van der Waals surface area contributed by atoms with Crippen LogP contribution in [0.25, 0.3) is 0 Å². The van der Waals surface area contributed by atoms with Crippen molar-refractivity contribution in [2.24, 2.45) is 0 Å². The van der Waals surface area contributed by atoms with E-state index in [-0.39, 0.29) is 33.6 Å². The third-order valence-electron chi connectivity index (χ3n) is 4.97. The Labute approximate surface area is 234 Å². The topological polar surface area (TPSA) is 57.2 Å². The standard InChI is InChI=1S/C12H17NO.C12H19NO.C5H11NO.CH4/c1-11-9-13(7-8-14-11)10-12-5-3-2-4-6-12;1-2-8-13(9-10-14)11-12-6-4-3-5-7-12;1-5-4-6-2-3-7-5;/h2-6,11H,7-10H2,1H3;3-7,14H,2,8-11H2,1H3;5-6H,2-4H2,1H3;1H4/i8D2,11D;2D2,10D2;3D2,5D;. The van der Waals surface area contributed by atoms with Gasteiger partial charge in [-0.15, -0.1) is 0 Å². The second-order valence-corrected chi connectivity index (χ2v) is 8.27. The monoisotopic (exact) mass is 511 g/mol. The Hall–Kier alpha value is -1.80. The predicted molar refractivity (Wildman–Crippen MR) is 151 cm³/mol. The van der Waals surface area contributed by atoms with Crippen molar-refractivity contribution in [1.29, 1.82) is 0 Å². The first-order chi connectivity index (χ1) is 20.4. The van der Waals surface area contributed by atoms with Gasteiger partial charge in [0.05, 0.1) is 42.8 Å². The first kappa shape index (κ1) is 19.3.